The topological polar surface area (TPSA) is 64.6 Å². The van der Waals surface area contributed by atoms with Crippen LogP contribution in [0.5, 0.6) is 0 Å². The van der Waals surface area contributed by atoms with Gasteiger partial charge in [0.15, 0.2) is 0 Å². The molecular weight excluding hydrogens is 570 g/mol. The Bertz CT molecular complexity index is 559. The summed E-state index contributed by atoms with van der Waals surface area (Å²) >= 11 is 0. The van der Waals surface area contributed by atoms with Gasteiger partial charge >= 0.3 is 0 Å². The van der Waals surface area contributed by atoms with Crippen molar-refractivity contribution in [2.75, 3.05) is 33.0 Å². The van der Waals surface area contributed by atoms with Crippen LogP contribution in [0.1, 0.15) is 219 Å². The average Bonchev–Trinajstić information content (AvgIpc) is 3.05. The van der Waals surface area contributed by atoms with E-state index in [1.807, 2.05) is 0 Å². The monoisotopic (exact) mass is 652 g/mol. The summed E-state index contributed by atoms with van der Waals surface area (Å²) in [5, 5.41) is 3.03. The lowest BCUT2D eigenvalue weighted by atomic mass is 10.0. The number of hydrogen-bond acceptors (Lipinski definition) is 4. The second-order valence-electron chi connectivity index (χ2n) is 13.9. The molecule has 0 aromatic heterocycles. The van der Waals surface area contributed by atoms with Crippen LogP contribution in [0.2, 0.25) is 0 Å². The van der Waals surface area contributed by atoms with E-state index in [0.29, 0.717) is 18.6 Å². The Morgan fingerprint density at radius 2 is 0.674 bits per heavy atom. The van der Waals surface area contributed by atoms with E-state index in [2.05, 4.69) is 19.2 Å². The largest absolute Gasteiger partial charge is 0.381 e. The molecule has 0 atom stereocenters. The molecule has 0 saturated carbocycles. The van der Waals surface area contributed by atoms with Crippen LogP contribution in [0, 0.1) is 0 Å². The number of carbonyl (C=O) groups is 2. The predicted octanol–water partition coefficient (Wildman–Crippen LogP) is 12.2. The Balaban J connectivity index is 3.24. The van der Waals surface area contributed by atoms with Crippen LogP contribution < -0.4 is 5.32 Å². The molecule has 1 amide bonds. The first-order chi connectivity index (χ1) is 22.7. The van der Waals surface area contributed by atoms with E-state index < -0.39 is 0 Å². The maximum Gasteiger partial charge on any atom is 0.219 e. The smallest absolute Gasteiger partial charge is 0.219 e. The number of rotatable bonds is 40. The van der Waals surface area contributed by atoms with Gasteiger partial charge in [0.05, 0.1) is 0 Å². The first kappa shape index (κ1) is 45.1. The lowest BCUT2D eigenvalue weighted by Crippen LogP contribution is -2.24. The van der Waals surface area contributed by atoms with Crippen LogP contribution in [0.25, 0.3) is 0 Å². The summed E-state index contributed by atoms with van der Waals surface area (Å²) in [7, 11) is 0. The van der Waals surface area contributed by atoms with Crippen molar-refractivity contribution in [3.8, 4) is 0 Å². The summed E-state index contributed by atoms with van der Waals surface area (Å²) in [5.41, 5.74) is 0. The Hall–Kier alpha value is -0.940. The molecule has 274 valence electrons. The van der Waals surface area contributed by atoms with Crippen molar-refractivity contribution in [3.63, 3.8) is 0 Å². The van der Waals surface area contributed by atoms with Gasteiger partial charge in [-0.1, -0.05) is 155 Å². The van der Waals surface area contributed by atoms with Gasteiger partial charge in [0.1, 0.15) is 5.78 Å². The minimum absolute atomic E-state index is 0.171. The third-order valence-electron chi connectivity index (χ3n) is 9.18. The molecule has 0 aliphatic rings. The van der Waals surface area contributed by atoms with E-state index in [1.54, 1.807) is 0 Å². The highest BCUT2D eigenvalue weighted by atomic mass is 16.5. The summed E-state index contributed by atoms with van der Waals surface area (Å²) in [6.45, 7) is 8.55. The van der Waals surface area contributed by atoms with Gasteiger partial charge in [-0.3, -0.25) is 9.59 Å². The minimum atomic E-state index is 0.171. The summed E-state index contributed by atoms with van der Waals surface area (Å²) in [5.74, 6) is 0.583. The summed E-state index contributed by atoms with van der Waals surface area (Å²) < 4.78 is 11.5. The van der Waals surface area contributed by atoms with E-state index in [4.69, 9.17) is 9.47 Å². The molecule has 0 spiro atoms. The maximum atomic E-state index is 12.1. The van der Waals surface area contributed by atoms with Gasteiger partial charge < -0.3 is 14.8 Å². The van der Waals surface area contributed by atoms with Crippen molar-refractivity contribution in [2.45, 2.75) is 219 Å². The lowest BCUT2D eigenvalue weighted by Gasteiger charge is -2.07. The fraction of sp³-hybridized carbons (Fsp3) is 0.951. The molecule has 0 rings (SSSR count). The zero-order valence-electron chi connectivity index (χ0n) is 31.3. The molecule has 0 bridgehead atoms. The van der Waals surface area contributed by atoms with E-state index in [9.17, 15) is 9.59 Å². The molecule has 0 unspecified atom stereocenters. The molecule has 0 aliphatic heterocycles. The van der Waals surface area contributed by atoms with E-state index >= 15 is 0 Å². The Morgan fingerprint density at radius 1 is 0.370 bits per heavy atom. The van der Waals surface area contributed by atoms with Crippen LogP contribution in [0.3, 0.4) is 0 Å². The highest BCUT2D eigenvalue weighted by molar-refractivity contribution is 5.78. The first-order valence-electron chi connectivity index (χ1n) is 20.6. The normalized spacial score (nSPS) is 11.3. The molecule has 1 N–H and O–H groups in total. The van der Waals surface area contributed by atoms with Gasteiger partial charge in [-0.2, -0.15) is 0 Å². The first-order valence-corrected chi connectivity index (χ1v) is 20.6. The van der Waals surface area contributed by atoms with E-state index in [0.717, 1.165) is 104 Å². The molecule has 0 aromatic rings. The van der Waals surface area contributed by atoms with Gasteiger partial charge in [0.2, 0.25) is 5.91 Å². The standard InChI is InChI=1S/C41H81NO4/c1-3-5-7-9-11-13-15-19-23-28-36-45-38-30-27-33-40(43)32-25-21-17-18-22-26-34-41(44)42-35-31-39-46-37-29-24-20-16-14-12-10-8-6-4-2/h3-39H2,1-2H3,(H,42,44). The predicted molar refractivity (Wildman–Crippen MR) is 199 cm³/mol. The van der Waals surface area contributed by atoms with Crippen molar-refractivity contribution in [2.24, 2.45) is 0 Å². The SMILES string of the molecule is CCCCCCCCCCCCOCCCCC(=O)CCCCCCCCC(=O)NCCCOCCCCCCCCCCCC. The minimum Gasteiger partial charge on any atom is -0.381 e. The van der Waals surface area contributed by atoms with Crippen molar-refractivity contribution >= 4 is 11.7 Å². The number of ether oxygens (including phenoxy) is 2. The summed E-state index contributed by atoms with van der Waals surface area (Å²) in [6, 6.07) is 0. The van der Waals surface area contributed by atoms with E-state index in [1.165, 1.54) is 122 Å². The molecule has 5 heteroatoms. The van der Waals surface area contributed by atoms with Crippen molar-refractivity contribution in [1.82, 2.24) is 5.32 Å². The summed E-state index contributed by atoms with van der Waals surface area (Å²) in [4.78, 5) is 24.2. The number of unbranched alkanes of at least 4 members (excludes halogenated alkanes) is 24. The Labute approximate surface area is 287 Å². The fourth-order valence-electron chi connectivity index (χ4n) is 6.04. The van der Waals surface area contributed by atoms with Crippen LogP contribution in [0.4, 0.5) is 0 Å². The molecule has 0 aliphatic carbocycles. The second-order valence-corrected chi connectivity index (χ2v) is 13.9. The number of hydrogen-bond donors (Lipinski definition) is 1. The highest BCUT2D eigenvalue weighted by Crippen LogP contribution is 2.13. The molecule has 0 aromatic carbocycles. The number of carbonyl (C=O) groups excluding carboxylic acids is 2. The summed E-state index contributed by atoms with van der Waals surface area (Å²) in [6.07, 6.45) is 38.5. The van der Waals surface area contributed by atoms with Crippen molar-refractivity contribution < 1.29 is 19.1 Å². The molecule has 0 radical (unpaired) electrons. The molecule has 0 heterocycles. The van der Waals surface area contributed by atoms with Gasteiger partial charge in [0.25, 0.3) is 0 Å². The zero-order valence-corrected chi connectivity index (χ0v) is 31.3. The molecule has 46 heavy (non-hydrogen) atoms. The maximum absolute atomic E-state index is 12.1. The highest BCUT2D eigenvalue weighted by Gasteiger charge is 2.04. The molecular formula is C41H81NO4. The van der Waals surface area contributed by atoms with Crippen molar-refractivity contribution in [1.29, 1.82) is 0 Å². The van der Waals surface area contributed by atoms with Crippen LogP contribution >= 0.6 is 0 Å². The van der Waals surface area contributed by atoms with Crippen molar-refractivity contribution in [3.05, 3.63) is 0 Å². The fourth-order valence-corrected chi connectivity index (χ4v) is 6.04. The average molecular weight is 652 g/mol. The number of Topliss-reactive ketones (excluding diaryl/α,β-unsaturated/α-hetero) is 1. The molecule has 5 nitrogen and oxygen atoms in total. The Kier molecular flexibility index (Phi) is 39.4. The van der Waals surface area contributed by atoms with Gasteiger partial charge in [-0.25, -0.2) is 0 Å². The zero-order chi connectivity index (χ0) is 33.4. The van der Waals surface area contributed by atoms with Crippen LogP contribution in [-0.4, -0.2) is 44.7 Å². The lowest BCUT2D eigenvalue weighted by molar-refractivity contribution is -0.121. The van der Waals surface area contributed by atoms with Crippen LogP contribution in [0.15, 0.2) is 0 Å². The third kappa shape index (κ3) is 39.2. The Morgan fingerprint density at radius 3 is 1.11 bits per heavy atom. The number of amides is 1. The molecule has 0 saturated heterocycles. The van der Waals surface area contributed by atoms with Gasteiger partial charge in [-0.15, -0.1) is 0 Å². The quantitative estimate of drug-likeness (QED) is 0.0670. The van der Waals surface area contributed by atoms with Crippen LogP contribution in [-0.2, 0) is 19.1 Å². The number of ketones is 1. The third-order valence-corrected chi connectivity index (χ3v) is 9.18. The van der Waals surface area contributed by atoms with Gasteiger partial charge in [0, 0.05) is 52.2 Å². The number of nitrogens with one attached hydrogen (secondary N) is 1. The van der Waals surface area contributed by atoms with Gasteiger partial charge in [-0.05, 0) is 44.9 Å². The molecule has 0 fully saturated rings. The second kappa shape index (κ2) is 40.2. The van der Waals surface area contributed by atoms with E-state index in [-0.39, 0.29) is 5.91 Å².